The lowest BCUT2D eigenvalue weighted by atomic mass is 9.83. The second kappa shape index (κ2) is 8.00. The minimum Gasteiger partial charge on any atom is -0.361 e. The highest BCUT2D eigenvalue weighted by atomic mass is 28.3. The second-order valence-corrected chi connectivity index (χ2v) is 14.4. The molecule has 5 heteroatoms. The Balaban J connectivity index is 1.71. The molecule has 1 unspecified atom stereocenters. The summed E-state index contributed by atoms with van der Waals surface area (Å²) in [6.07, 6.45) is 11.1. The van der Waals surface area contributed by atoms with Crippen molar-refractivity contribution < 1.29 is 9.53 Å². The predicted octanol–water partition coefficient (Wildman–Crippen LogP) is 4.79. The summed E-state index contributed by atoms with van der Waals surface area (Å²) in [7, 11) is -1.11. The van der Waals surface area contributed by atoms with Gasteiger partial charge in [0.05, 0.1) is 11.6 Å². The fraction of sp³-hybridized carbons (Fsp3) is 0.700. The third-order valence-corrected chi connectivity index (χ3v) is 7.28. The number of anilines is 1. The number of aromatic nitrogens is 1. The average molecular weight is 361 g/mol. The van der Waals surface area contributed by atoms with E-state index in [0.29, 0.717) is 12.6 Å². The number of hydrogen-bond donors (Lipinski definition) is 0. The predicted molar refractivity (Wildman–Crippen MR) is 105 cm³/mol. The van der Waals surface area contributed by atoms with Crippen molar-refractivity contribution in [2.24, 2.45) is 5.92 Å². The SMILES string of the molecule is C[Si](C)(C)CCOCN1C(=O)C(C2CCCCCC2)c2cnccc21. The van der Waals surface area contributed by atoms with E-state index in [1.54, 1.807) is 6.20 Å². The maximum Gasteiger partial charge on any atom is 0.236 e. The average Bonchev–Trinajstić information content (AvgIpc) is 2.72. The summed E-state index contributed by atoms with van der Waals surface area (Å²) in [5, 5.41) is 0. The number of fused-ring (bicyclic) bond motifs is 1. The van der Waals surface area contributed by atoms with Crippen molar-refractivity contribution in [2.75, 3.05) is 18.2 Å². The molecule has 0 N–H and O–H groups in total. The number of rotatable bonds is 6. The van der Waals surface area contributed by atoms with Crippen LogP contribution in [-0.2, 0) is 9.53 Å². The number of carbonyl (C=O) groups excluding carboxylic acids is 1. The number of ether oxygens (including phenoxy) is 1. The lowest BCUT2D eigenvalue weighted by Gasteiger charge is -2.23. The molecule has 1 aliphatic carbocycles. The van der Waals surface area contributed by atoms with Gasteiger partial charge in [-0.05, 0) is 30.9 Å². The number of nitrogens with zero attached hydrogens (tertiary/aromatic N) is 2. The van der Waals surface area contributed by atoms with E-state index in [2.05, 4.69) is 24.6 Å². The Bertz CT molecular complexity index is 592. The van der Waals surface area contributed by atoms with Gasteiger partial charge in [-0.25, -0.2) is 0 Å². The van der Waals surface area contributed by atoms with Crippen molar-refractivity contribution in [3.05, 3.63) is 24.0 Å². The smallest absolute Gasteiger partial charge is 0.236 e. The van der Waals surface area contributed by atoms with E-state index in [9.17, 15) is 4.79 Å². The third-order valence-electron chi connectivity index (χ3n) is 5.57. The van der Waals surface area contributed by atoms with Crippen molar-refractivity contribution in [1.82, 2.24) is 4.98 Å². The molecular weight excluding hydrogens is 328 g/mol. The molecule has 1 aliphatic heterocycles. The fourth-order valence-corrected chi connectivity index (χ4v) is 4.83. The summed E-state index contributed by atoms with van der Waals surface area (Å²) in [4.78, 5) is 19.4. The van der Waals surface area contributed by atoms with Gasteiger partial charge in [0.15, 0.2) is 0 Å². The molecule has 3 rings (SSSR count). The van der Waals surface area contributed by atoms with Gasteiger partial charge in [-0.2, -0.15) is 0 Å². The number of pyridine rings is 1. The van der Waals surface area contributed by atoms with Crippen LogP contribution in [-0.4, -0.2) is 32.3 Å². The number of carbonyl (C=O) groups is 1. The third kappa shape index (κ3) is 4.50. The van der Waals surface area contributed by atoms with Crippen LogP contribution in [0.1, 0.15) is 50.0 Å². The Hall–Kier alpha value is -1.20. The second-order valence-electron chi connectivity index (χ2n) is 8.78. The zero-order valence-electron chi connectivity index (χ0n) is 16.0. The van der Waals surface area contributed by atoms with Crippen LogP contribution in [0.25, 0.3) is 0 Å². The summed E-state index contributed by atoms with van der Waals surface area (Å²) in [6.45, 7) is 8.17. The van der Waals surface area contributed by atoms with E-state index in [1.165, 1.54) is 25.7 Å². The van der Waals surface area contributed by atoms with E-state index in [4.69, 9.17) is 4.74 Å². The first kappa shape index (κ1) is 18.6. The molecule has 138 valence electrons. The molecule has 1 fully saturated rings. The normalized spacial score (nSPS) is 22.1. The van der Waals surface area contributed by atoms with Gasteiger partial charge in [0, 0.05) is 32.6 Å². The molecule has 1 saturated carbocycles. The quantitative estimate of drug-likeness (QED) is 0.416. The largest absolute Gasteiger partial charge is 0.361 e. The monoisotopic (exact) mass is 360 g/mol. The Morgan fingerprint density at radius 2 is 1.92 bits per heavy atom. The van der Waals surface area contributed by atoms with E-state index >= 15 is 0 Å². The van der Waals surface area contributed by atoms with Gasteiger partial charge in [-0.15, -0.1) is 0 Å². The molecule has 2 heterocycles. The minimum atomic E-state index is -1.11. The topological polar surface area (TPSA) is 42.4 Å². The lowest BCUT2D eigenvalue weighted by Crippen LogP contribution is -2.34. The summed E-state index contributed by atoms with van der Waals surface area (Å²) in [5.41, 5.74) is 2.13. The van der Waals surface area contributed by atoms with Gasteiger partial charge in [-0.1, -0.05) is 45.3 Å². The first-order valence-electron chi connectivity index (χ1n) is 9.80. The van der Waals surface area contributed by atoms with E-state index < -0.39 is 8.07 Å². The molecular formula is C20H32N2O2Si. The first-order chi connectivity index (χ1) is 12.0. The molecule has 25 heavy (non-hydrogen) atoms. The fourth-order valence-electron chi connectivity index (χ4n) is 4.07. The summed E-state index contributed by atoms with van der Waals surface area (Å²) in [5.74, 6) is 0.676. The molecule has 1 amide bonds. The standard InChI is InChI=1S/C20H32N2O2Si/c1-25(2,3)13-12-24-15-22-18-10-11-21-14-17(18)19(20(22)23)16-8-6-4-5-7-9-16/h10-11,14,16,19H,4-9,12-13,15H2,1-3H3. The Morgan fingerprint density at radius 1 is 1.20 bits per heavy atom. The van der Waals surface area contributed by atoms with E-state index in [-0.39, 0.29) is 11.8 Å². The summed E-state index contributed by atoms with van der Waals surface area (Å²) in [6, 6.07) is 3.11. The van der Waals surface area contributed by atoms with Gasteiger partial charge in [0.2, 0.25) is 5.91 Å². The van der Waals surface area contributed by atoms with Crippen molar-refractivity contribution >= 4 is 19.7 Å². The zero-order chi connectivity index (χ0) is 17.9. The van der Waals surface area contributed by atoms with Crippen LogP contribution >= 0.6 is 0 Å². The van der Waals surface area contributed by atoms with Gasteiger partial charge in [0.1, 0.15) is 6.73 Å². The zero-order valence-corrected chi connectivity index (χ0v) is 17.0. The number of amides is 1. The first-order valence-corrected chi connectivity index (χ1v) is 13.5. The highest BCUT2D eigenvalue weighted by Crippen LogP contribution is 2.44. The molecule has 2 aliphatic rings. The van der Waals surface area contributed by atoms with Gasteiger partial charge < -0.3 is 4.74 Å². The highest BCUT2D eigenvalue weighted by molar-refractivity contribution is 6.76. The molecule has 4 nitrogen and oxygen atoms in total. The minimum absolute atomic E-state index is 0.0117. The van der Waals surface area contributed by atoms with Crippen LogP contribution in [0, 0.1) is 5.92 Å². The van der Waals surface area contributed by atoms with Crippen LogP contribution in [0.5, 0.6) is 0 Å². The summed E-state index contributed by atoms with van der Waals surface area (Å²) >= 11 is 0. The molecule has 0 saturated heterocycles. The van der Waals surface area contributed by atoms with Crippen LogP contribution < -0.4 is 4.90 Å². The molecule has 1 atom stereocenters. The van der Waals surface area contributed by atoms with Crippen LogP contribution in [0.4, 0.5) is 5.69 Å². The van der Waals surface area contributed by atoms with Crippen LogP contribution in [0.3, 0.4) is 0 Å². The Labute approximate surface area is 153 Å². The van der Waals surface area contributed by atoms with E-state index in [0.717, 1.165) is 36.7 Å². The molecule has 0 aromatic carbocycles. The lowest BCUT2D eigenvalue weighted by molar-refractivity contribution is -0.121. The Kier molecular flexibility index (Phi) is 5.95. The van der Waals surface area contributed by atoms with Crippen molar-refractivity contribution in [2.45, 2.75) is 70.1 Å². The molecule has 0 bridgehead atoms. The molecule has 0 radical (unpaired) electrons. The van der Waals surface area contributed by atoms with Crippen LogP contribution in [0.15, 0.2) is 18.5 Å². The van der Waals surface area contributed by atoms with Crippen molar-refractivity contribution in [1.29, 1.82) is 0 Å². The highest BCUT2D eigenvalue weighted by Gasteiger charge is 2.41. The summed E-state index contributed by atoms with van der Waals surface area (Å²) < 4.78 is 5.90. The van der Waals surface area contributed by atoms with Gasteiger partial charge in [0.25, 0.3) is 0 Å². The maximum atomic E-state index is 13.2. The number of hydrogen-bond acceptors (Lipinski definition) is 3. The van der Waals surface area contributed by atoms with Crippen LogP contribution in [0.2, 0.25) is 25.7 Å². The van der Waals surface area contributed by atoms with E-state index in [1.807, 2.05) is 17.2 Å². The maximum absolute atomic E-state index is 13.2. The molecule has 1 aromatic heterocycles. The molecule has 1 aromatic rings. The van der Waals surface area contributed by atoms with Gasteiger partial charge >= 0.3 is 0 Å². The van der Waals surface area contributed by atoms with Crippen molar-refractivity contribution in [3.8, 4) is 0 Å². The Morgan fingerprint density at radius 3 is 2.60 bits per heavy atom. The van der Waals surface area contributed by atoms with Gasteiger partial charge in [-0.3, -0.25) is 14.7 Å². The van der Waals surface area contributed by atoms with Crippen molar-refractivity contribution in [3.63, 3.8) is 0 Å². The molecule has 0 spiro atoms.